The molecule has 0 aliphatic carbocycles. The predicted octanol–water partition coefficient (Wildman–Crippen LogP) is 5.96. The van der Waals surface area contributed by atoms with Crippen molar-refractivity contribution in [3.8, 4) is 0 Å². The van der Waals surface area contributed by atoms with E-state index < -0.39 is 36.0 Å². The summed E-state index contributed by atoms with van der Waals surface area (Å²) in [6.07, 6.45) is -0.0759. The molecule has 0 heterocycles. The van der Waals surface area contributed by atoms with Gasteiger partial charge in [-0.1, -0.05) is 121 Å². The molecular weight excluding hydrogens is 640 g/mol. The van der Waals surface area contributed by atoms with E-state index in [-0.39, 0.29) is 58.7 Å². The monoisotopic (exact) mass is 682 g/mol. The fourth-order valence-electron chi connectivity index (χ4n) is 4.65. The summed E-state index contributed by atoms with van der Waals surface area (Å²) in [5.74, 6) is -1.71. The summed E-state index contributed by atoms with van der Waals surface area (Å²) in [4.78, 5) is 62.2. The Morgan fingerprint density at radius 1 is 0.480 bits per heavy atom. The Balaban J connectivity index is 1.33. The van der Waals surface area contributed by atoms with Crippen molar-refractivity contribution < 1.29 is 43.2 Å². The highest BCUT2D eigenvalue weighted by Crippen LogP contribution is 2.10. The van der Waals surface area contributed by atoms with Crippen molar-refractivity contribution in [2.24, 2.45) is 0 Å². The molecule has 0 aromatic heterocycles. The highest BCUT2D eigenvalue weighted by atomic mass is 17.2. The Morgan fingerprint density at radius 3 is 1.38 bits per heavy atom. The second-order valence-corrected chi connectivity index (χ2v) is 11.4. The van der Waals surface area contributed by atoms with Gasteiger partial charge in [0.2, 0.25) is 0 Å². The Labute approximate surface area is 291 Å². The Bertz CT molecular complexity index is 1590. The fourth-order valence-corrected chi connectivity index (χ4v) is 4.65. The quantitative estimate of drug-likeness (QED) is 0.0380. The van der Waals surface area contributed by atoms with Gasteiger partial charge in [0.15, 0.2) is 0 Å². The smallest absolute Gasteiger partial charge is 0.329 e. The first-order chi connectivity index (χ1) is 24.4. The second kappa shape index (κ2) is 21.5. The van der Waals surface area contributed by atoms with Crippen LogP contribution in [-0.4, -0.2) is 42.6 Å². The van der Waals surface area contributed by atoms with Crippen LogP contribution in [0, 0.1) is 0 Å². The van der Waals surface area contributed by atoms with E-state index in [2.05, 4.69) is 10.6 Å². The molecule has 262 valence electrons. The zero-order chi connectivity index (χ0) is 35.2. The maximum Gasteiger partial charge on any atom is 0.329 e. The van der Waals surface area contributed by atoms with Gasteiger partial charge in [0, 0.05) is 12.8 Å². The third-order valence-corrected chi connectivity index (χ3v) is 7.39. The van der Waals surface area contributed by atoms with Crippen LogP contribution in [0.25, 0.3) is 0 Å². The van der Waals surface area contributed by atoms with E-state index >= 15 is 0 Å². The first kappa shape index (κ1) is 37.3. The van der Waals surface area contributed by atoms with Gasteiger partial charge in [0.1, 0.15) is 39.1 Å². The molecule has 0 radical (unpaired) electrons. The van der Waals surface area contributed by atoms with E-state index in [1.165, 1.54) is 0 Å². The van der Waals surface area contributed by atoms with Crippen molar-refractivity contribution in [1.29, 1.82) is 0 Å². The van der Waals surface area contributed by atoms with Crippen molar-refractivity contribution in [1.82, 2.24) is 10.6 Å². The van der Waals surface area contributed by atoms with E-state index in [0.717, 1.165) is 22.3 Å². The van der Waals surface area contributed by atoms with Crippen LogP contribution in [0.4, 0.5) is 4.79 Å². The molecule has 4 aromatic rings. The maximum absolute atomic E-state index is 13.2. The minimum Gasteiger partial charge on any atom is -0.461 e. The molecule has 11 nitrogen and oxygen atoms in total. The molecule has 2 amide bonds. The van der Waals surface area contributed by atoms with Crippen LogP contribution < -0.4 is 10.6 Å². The molecule has 2 N–H and O–H groups in total. The van der Waals surface area contributed by atoms with E-state index in [4.69, 9.17) is 24.0 Å². The summed E-state index contributed by atoms with van der Waals surface area (Å²) < 4.78 is 16.2. The van der Waals surface area contributed by atoms with Gasteiger partial charge >= 0.3 is 23.9 Å². The number of benzene rings is 4. The first-order valence-corrected chi connectivity index (χ1v) is 16.4. The molecule has 11 heteroatoms. The molecule has 4 rings (SSSR count). The highest BCUT2D eigenvalue weighted by molar-refractivity contribution is 5.84. The summed E-state index contributed by atoms with van der Waals surface area (Å²) in [5, 5.41) is 5.37. The minimum atomic E-state index is -1.17. The molecule has 2 atom stereocenters. The number of carbonyl (C=O) groups is 4. The number of esters is 3. The number of rotatable bonds is 20. The number of hydrogen-bond acceptors (Lipinski definition) is 9. The Kier molecular flexibility index (Phi) is 16.0. The van der Waals surface area contributed by atoms with E-state index in [1.54, 1.807) is 12.1 Å². The van der Waals surface area contributed by atoms with Gasteiger partial charge in [-0.15, -0.1) is 0 Å². The van der Waals surface area contributed by atoms with Gasteiger partial charge in [0.25, 0.3) is 0 Å². The number of hydrogen-bond donors (Lipinski definition) is 2. The zero-order valence-corrected chi connectivity index (χ0v) is 27.7. The molecule has 0 bridgehead atoms. The van der Waals surface area contributed by atoms with Crippen LogP contribution >= 0.6 is 0 Å². The average molecular weight is 683 g/mol. The van der Waals surface area contributed by atoms with Gasteiger partial charge in [-0.2, -0.15) is 0 Å². The minimum absolute atomic E-state index is 0.0156. The van der Waals surface area contributed by atoms with Crippen molar-refractivity contribution in [2.75, 3.05) is 6.61 Å². The molecule has 0 unspecified atom stereocenters. The van der Waals surface area contributed by atoms with Gasteiger partial charge < -0.3 is 24.8 Å². The number of nitrogens with one attached hydrogen (secondary N) is 2. The number of urea groups is 1. The normalized spacial score (nSPS) is 11.8. The summed E-state index contributed by atoms with van der Waals surface area (Å²) in [6, 6.07) is 34.4. The van der Waals surface area contributed by atoms with Crippen LogP contribution in [0.15, 0.2) is 121 Å². The lowest BCUT2D eigenvalue weighted by Crippen LogP contribution is -2.50. The van der Waals surface area contributed by atoms with Crippen LogP contribution in [-0.2, 0) is 64.8 Å². The Hall–Kier alpha value is -5.52. The third kappa shape index (κ3) is 14.7. The molecule has 0 aliphatic heterocycles. The Morgan fingerprint density at radius 2 is 0.900 bits per heavy atom. The molecule has 0 aliphatic rings. The van der Waals surface area contributed by atoms with Crippen molar-refractivity contribution in [2.45, 2.75) is 64.2 Å². The number of amides is 2. The standard InChI is InChI=1S/C39H42N2O9/c42-36(46-25-30-13-5-1-6-14-30)23-21-34(29-50-49-28-33-19-11-4-12-20-33)40-39(45)41-35(38(44)48-27-32-17-9-3-10-18-32)22-24-37(43)47-26-31-15-7-2-8-16-31/h1-20,34-35H,21-29H2,(H2,40,41,45)/t34-,35-/m0/s1. The molecule has 4 aromatic carbocycles. The lowest BCUT2D eigenvalue weighted by Gasteiger charge is -2.22. The van der Waals surface area contributed by atoms with Crippen LogP contribution in [0.5, 0.6) is 0 Å². The van der Waals surface area contributed by atoms with Crippen molar-refractivity contribution in [3.05, 3.63) is 144 Å². The van der Waals surface area contributed by atoms with Crippen LogP contribution in [0.1, 0.15) is 47.9 Å². The third-order valence-electron chi connectivity index (χ3n) is 7.39. The number of ether oxygens (including phenoxy) is 3. The lowest BCUT2D eigenvalue weighted by atomic mass is 10.1. The SMILES string of the molecule is O=C(N[C@@H](CCC(=O)OCc1ccccc1)COOCc1ccccc1)N[C@@H](CCC(=O)OCc1ccccc1)C(=O)OCc1ccccc1. The first-order valence-electron chi connectivity index (χ1n) is 16.4. The molecule has 50 heavy (non-hydrogen) atoms. The number of carbonyl (C=O) groups excluding carboxylic acids is 4. The van der Waals surface area contributed by atoms with Gasteiger partial charge in [-0.25, -0.2) is 19.4 Å². The molecule has 0 spiro atoms. The summed E-state index contributed by atoms with van der Waals surface area (Å²) in [6.45, 7) is 0.266. The largest absolute Gasteiger partial charge is 0.461 e. The zero-order valence-electron chi connectivity index (χ0n) is 27.7. The van der Waals surface area contributed by atoms with Gasteiger partial charge in [-0.3, -0.25) is 9.59 Å². The molecular formula is C39H42N2O9. The topological polar surface area (TPSA) is 138 Å². The van der Waals surface area contributed by atoms with E-state index in [1.807, 2.05) is 109 Å². The summed E-state index contributed by atoms with van der Waals surface area (Å²) in [7, 11) is 0. The lowest BCUT2D eigenvalue weighted by molar-refractivity contribution is -0.306. The van der Waals surface area contributed by atoms with Crippen molar-refractivity contribution >= 4 is 23.9 Å². The van der Waals surface area contributed by atoms with E-state index in [9.17, 15) is 19.2 Å². The summed E-state index contributed by atoms with van der Waals surface area (Å²) >= 11 is 0. The molecule has 0 saturated carbocycles. The van der Waals surface area contributed by atoms with Crippen molar-refractivity contribution in [3.63, 3.8) is 0 Å². The van der Waals surface area contributed by atoms with Gasteiger partial charge in [0.05, 0.1) is 6.04 Å². The maximum atomic E-state index is 13.2. The predicted molar refractivity (Wildman–Crippen MR) is 184 cm³/mol. The van der Waals surface area contributed by atoms with Crippen LogP contribution in [0.3, 0.4) is 0 Å². The molecule has 0 fully saturated rings. The fraction of sp³-hybridized carbons (Fsp3) is 0.282. The van der Waals surface area contributed by atoms with Gasteiger partial charge in [-0.05, 0) is 35.1 Å². The van der Waals surface area contributed by atoms with E-state index in [0.29, 0.717) is 0 Å². The highest BCUT2D eigenvalue weighted by Gasteiger charge is 2.25. The van der Waals surface area contributed by atoms with Crippen LogP contribution in [0.2, 0.25) is 0 Å². The molecule has 0 saturated heterocycles. The second-order valence-electron chi connectivity index (χ2n) is 11.4. The average Bonchev–Trinajstić information content (AvgIpc) is 3.16. The summed E-state index contributed by atoms with van der Waals surface area (Å²) in [5.41, 5.74) is 3.32.